The largest absolute Gasteiger partial charge is 0.375 e. The van der Waals surface area contributed by atoms with Crippen LogP contribution in [0.5, 0.6) is 0 Å². The number of benzene rings is 1. The quantitative estimate of drug-likeness (QED) is 0.773. The first-order chi connectivity index (χ1) is 8.22. The van der Waals surface area contributed by atoms with Gasteiger partial charge in [-0.2, -0.15) is 0 Å². The van der Waals surface area contributed by atoms with Crippen LogP contribution in [0, 0.1) is 0 Å². The molecule has 1 amide bonds. The molecule has 17 heavy (non-hydrogen) atoms. The van der Waals surface area contributed by atoms with Crippen LogP contribution in [0.3, 0.4) is 0 Å². The zero-order valence-corrected chi connectivity index (χ0v) is 10.3. The number of hydrogen-bond acceptors (Lipinski definition) is 3. The second-order valence-corrected chi connectivity index (χ2v) is 4.31. The van der Waals surface area contributed by atoms with Crippen LogP contribution in [-0.4, -0.2) is 38.1 Å². The third kappa shape index (κ3) is 2.65. The van der Waals surface area contributed by atoms with Gasteiger partial charge < -0.3 is 15.0 Å². The Bertz CT molecular complexity index is 418. The van der Waals surface area contributed by atoms with Crippen molar-refractivity contribution in [2.24, 2.45) is 0 Å². The van der Waals surface area contributed by atoms with Crippen molar-refractivity contribution in [3.63, 3.8) is 0 Å². The van der Waals surface area contributed by atoms with Crippen molar-refractivity contribution in [3.8, 4) is 0 Å². The number of nitrogens with zero attached hydrogens (tertiary/aromatic N) is 1. The summed E-state index contributed by atoms with van der Waals surface area (Å²) in [6.07, 6.45) is 0. The fourth-order valence-corrected chi connectivity index (χ4v) is 1.95. The second kappa shape index (κ2) is 5.29. The minimum absolute atomic E-state index is 0.108. The summed E-state index contributed by atoms with van der Waals surface area (Å²) in [5, 5.41) is 3.02. The molecule has 4 heteroatoms. The van der Waals surface area contributed by atoms with Gasteiger partial charge in [0, 0.05) is 25.7 Å². The number of hydrogen-bond donors (Lipinski definition) is 1. The molecule has 1 aromatic rings. The SMILES string of the molecule is CNCCOCc1ccc2c(c1)C(=O)N(C)C2. The van der Waals surface area contributed by atoms with Crippen LogP contribution in [-0.2, 0) is 17.9 Å². The summed E-state index contributed by atoms with van der Waals surface area (Å²) in [5.74, 6) is 0.108. The standard InChI is InChI=1S/C13H18N2O2/c1-14-5-6-17-9-10-3-4-11-8-15(2)13(16)12(11)7-10/h3-4,7,14H,5-6,8-9H2,1-2H3. The highest BCUT2D eigenvalue weighted by Gasteiger charge is 2.24. The highest BCUT2D eigenvalue weighted by molar-refractivity contribution is 5.98. The van der Waals surface area contributed by atoms with Gasteiger partial charge in [-0.15, -0.1) is 0 Å². The van der Waals surface area contributed by atoms with Gasteiger partial charge in [0.2, 0.25) is 0 Å². The number of carbonyl (C=O) groups is 1. The Morgan fingerprint density at radius 2 is 2.29 bits per heavy atom. The molecule has 4 nitrogen and oxygen atoms in total. The van der Waals surface area contributed by atoms with E-state index >= 15 is 0 Å². The molecule has 0 unspecified atom stereocenters. The molecule has 0 saturated heterocycles. The Morgan fingerprint density at radius 3 is 3.06 bits per heavy atom. The highest BCUT2D eigenvalue weighted by Crippen LogP contribution is 2.22. The number of likely N-dealkylation sites (N-methyl/N-ethyl adjacent to an activating group) is 1. The van der Waals surface area contributed by atoms with Crippen molar-refractivity contribution < 1.29 is 9.53 Å². The van der Waals surface area contributed by atoms with Crippen molar-refractivity contribution >= 4 is 5.91 Å². The van der Waals surface area contributed by atoms with Crippen molar-refractivity contribution in [1.29, 1.82) is 0 Å². The molecular formula is C13H18N2O2. The van der Waals surface area contributed by atoms with E-state index in [0.29, 0.717) is 13.2 Å². The van der Waals surface area contributed by atoms with Crippen LogP contribution in [0.1, 0.15) is 21.5 Å². The van der Waals surface area contributed by atoms with Crippen LogP contribution >= 0.6 is 0 Å². The van der Waals surface area contributed by atoms with E-state index in [1.165, 1.54) is 0 Å². The topological polar surface area (TPSA) is 41.6 Å². The van der Waals surface area contributed by atoms with Gasteiger partial charge in [0.25, 0.3) is 5.91 Å². The Labute approximate surface area is 102 Å². The van der Waals surface area contributed by atoms with E-state index in [-0.39, 0.29) is 5.91 Å². The number of fused-ring (bicyclic) bond motifs is 1. The third-order valence-corrected chi connectivity index (χ3v) is 2.92. The Kier molecular flexibility index (Phi) is 3.76. The van der Waals surface area contributed by atoms with Gasteiger partial charge in [-0.05, 0) is 24.2 Å². The maximum Gasteiger partial charge on any atom is 0.254 e. The van der Waals surface area contributed by atoms with Gasteiger partial charge in [0.1, 0.15) is 0 Å². The first-order valence-electron chi connectivity index (χ1n) is 5.82. The summed E-state index contributed by atoms with van der Waals surface area (Å²) >= 11 is 0. The molecule has 0 saturated carbocycles. The lowest BCUT2D eigenvalue weighted by Crippen LogP contribution is -2.17. The average molecular weight is 234 g/mol. The number of ether oxygens (including phenoxy) is 1. The lowest BCUT2D eigenvalue weighted by atomic mass is 10.1. The van der Waals surface area contributed by atoms with Crippen LogP contribution < -0.4 is 5.32 Å². The summed E-state index contributed by atoms with van der Waals surface area (Å²) in [5.41, 5.74) is 2.99. The molecule has 0 fully saturated rings. The number of rotatable bonds is 5. The first-order valence-corrected chi connectivity index (χ1v) is 5.82. The minimum atomic E-state index is 0.108. The Morgan fingerprint density at radius 1 is 1.47 bits per heavy atom. The predicted octanol–water partition coefficient (Wildman–Crippen LogP) is 1.01. The first kappa shape index (κ1) is 12.1. The van der Waals surface area contributed by atoms with Crippen molar-refractivity contribution in [2.45, 2.75) is 13.2 Å². The van der Waals surface area contributed by atoms with Gasteiger partial charge in [0.05, 0.1) is 13.2 Å². The molecule has 0 spiro atoms. The van der Waals surface area contributed by atoms with Crippen LogP contribution in [0.4, 0.5) is 0 Å². The van der Waals surface area contributed by atoms with Crippen LogP contribution in [0.25, 0.3) is 0 Å². The third-order valence-electron chi connectivity index (χ3n) is 2.92. The summed E-state index contributed by atoms with van der Waals surface area (Å²) < 4.78 is 5.49. The molecule has 1 aliphatic rings. The van der Waals surface area contributed by atoms with E-state index in [1.807, 2.05) is 32.3 Å². The van der Waals surface area contributed by atoms with E-state index < -0.39 is 0 Å². The molecule has 1 aromatic carbocycles. The molecular weight excluding hydrogens is 216 g/mol. The minimum Gasteiger partial charge on any atom is -0.375 e. The normalized spacial score (nSPS) is 14.2. The Hall–Kier alpha value is -1.39. The van der Waals surface area contributed by atoms with Crippen LogP contribution in [0.2, 0.25) is 0 Å². The fourth-order valence-electron chi connectivity index (χ4n) is 1.95. The summed E-state index contributed by atoms with van der Waals surface area (Å²) in [6, 6.07) is 6.00. The van der Waals surface area contributed by atoms with Gasteiger partial charge in [-0.3, -0.25) is 4.79 Å². The maximum absolute atomic E-state index is 11.8. The van der Waals surface area contributed by atoms with E-state index in [4.69, 9.17) is 4.74 Å². The molecule has 92 valence electrons. The molecule has 0 bridgehead atoms. The number of amides is 1. The lowest BCUT2D eigenvalue weighted by molar-refractivity contribution is 0.0816. The predicted molar refractivity (Wildman–Crippen MR) is 65.8 cm³/mol. The number of carbonyl (C=O) groups excluding carboxylic acids is 1. The van der Waals surface area contributed by atoms with E-state index in [2.05, 4.69) is 5.32 Å². The number of nitrogens with one attached hydrogen (secondary N) is 1. The monoisotopic (exact) mass is 234 g/mol. The molecule has 1 aliphatic heterocycles. The van der Waals surface area contributed by atoms with E-state index in [0.717, 1.165) is 29.8 Å². The molecule has 0 atom stereocenters. The van der Waals surface area contributed by atoms with Gasteiger partial charge in [0.15, 0.2) is 0 Å². The van der Waals surface area contributed by atoms with E-state index in [1.54, 1.807) is 4.90 Å². The molecule has 0 aromatic heterocycles. The van der Waals surface area contributed by atoms with Gasteiger partial charge in [-0.25, -0.2) is 0 Å². The summed E-state index contributed by atoms with van der Waals surface area (Å²) in [4.78, 5) is 13.5. The summed E-state index contributed by atoms with van der Waals surface area (Å²) in [7, 11) is 3.72. The maximum atomic E-state index is 11.8. The van der Waals surface area contributed by atoms with Gasteiger partial charge in [-0.1, -0.05) is 12.1 Å². The van der Waals surface area contributed by atoms with Crippen molar-refractivity contribution in [1.82, 2.24) is 10.2 Å². The lowest BCUT2D eigenvalue weighted by Gasteiger charge is -2.05. The highest BCUT2D eigenvalue weighted by atomic mass is 16.5. The molecule has 1 N–H and O–H groups in total. The second-order valence-electron chi connectivity index (χ2n) is 4.31. The van der Waals surface area contributed by atoms with Crippen molar-refractivity contribution in [2.75, 3.05) is 27.2 Å². The molecule has 1 heterocycles. The zero-order valence-electron chi connectivity index (χ0n) is 10.3. The van der Waals surface area contributed by atoms with Crippen molar-refractivity contribution in [3.05, 3.63) is 34.9 Å². The smallest absolute Gasteiger partial charge is 0.254 e. The van der Waals surface area contributed by atoms with Crippen LogP contribution in [0.15, 0.2) is 18.2 Å². The van der Waals surface area contributed by atoms with E-state index in [9.17, 15) is 4.79 Å². The van der Waals surface area contributed by atoms with Gasteiger partial charge >= 0.3 is 0 Å². The molecule has 0 aliphatic carbocycles. The summed E-state index contributed by atoms with van der Waals surface area (Å²) in [6.45, 7) is 2.80. The average Bonchev–Trinajstić information content (AvgIpc) is 2.61. The Balaban J connectivity index is 2.00. The molecule has 2 rings (SSSR count). The fraction of sp³-hybridized carbons (Fsp3) is 0.462. The zero-order chi connectivity index (χ0) is 12.3. The molecule has 0 radical (unpaired) electrons.